The molecule has 0 aliphatic heterocycles. The summed E-state index contributed by atoms with van der Waals surface area (Å²) in [4.78, 5) is 0. The van der Waals surface area contributed by atoms with Crippen LogP contribution in [0.15, 0.2) is 0 Å². The van der Waals surface area contributed by atoms with E-state index in [1.165, 1.54) is 0 Å². The van der Waals surface area contributed by atoms with Gasteiger partial charge < -0.3 is 0 Å². The predicted molar refractivity (Wildman–Crippen MR) is 52.6 cm³/mol. The van der Waals surface area contributed by atoms with E-state index >= 15 is 0 Å². The third-order valence-electron chi connectivity index (χ3n) is 0. The van der Waals surface area contributed by atoms with Gasteiger partial charge in [-0.25, -0.2) is 0 Å². The van der Waals surface area contributed by atoms with Crippen LogP contribution in [0.2, 0.25) is 0 Å². The molecule has 0 aliphatic carbocycles. The van der Waals surface area contributed by atoms with Gasteiger partial charge in [-0.05, 0) is 0 Å². The molecule has 0 fully saturated rings. The van der Waals surface area contributed by atoms with Crippen LogP contribution >= 0.6 is 47.0 Å². The topological polar surface area (TPSA) is 0 Å². The first kappa shape index (κ1) is 22.7. The maximum atomic E-state index is 5.02. The van der Waals surface area contributed by atoms with Gasteiger partial charge in [0.05, 0.1) is 0 Å². The number of halogens is 8. The van der Waals surface area contributed by atoms with Crippen molar-refractivity contribution in [2.45, 2.75) is 0 Å². The molecule has 0 spiro atoms. The minimum atomic E-state index is -2.94. The molecule has 0 aliphatic rings. The Labute approximate surface area is 141 Å². The minimum absolute atomic E-state index is 0.535. The molecule has 0 amide bonds. The van der Waals surface area contributed by atoms with E-state index in [9.17, 15) is 0 Å². The fourth-order valence-corrected chi connectivity index (χ4v) is 0. The molecule has 0 heterocycles. The molecule has 0 aromatic heterocycles. The summed E-state index contributed by atoms with van der Waals surface area (Å²) in [5.74, 6) is 15.1. The van der Waals surface area contributed by atoms with Crippen LogP contribution in [0, 0.1) is 53.5 Å². The van der Waals surface area contributed by atoms with Gasteiger partial charge in [0.25, 0.3) is 0 Å². The number of hydrogen-bond acceptors (Lipinski definition) is 0. The van der Waals surface area contributed by atoms with Gasteiger partial charge >= 0.3 is 148 Å². The monoisotopic (exact) mass is 627 g/mol. The van der Waals surface area contributed by atoms with Crippen LogP contribution in [0.3, 0.4) is 0 Å². The fraction of sp³-hybridized carbons (Fsp3) is 0. The van der Waals surface area contributed by atoms with Crippen molar-refractivity contribution >= 4 is 94.2 Å². The van der Waals surface area contributed by atoms with E-state index in [1.807, 2.05) is 0 Å². The van der Waals surface area contributed by atoms with E-state index in [0.717, 1.165) is 0 Å². The average Bonchev–Trinajstić information content (AvgIpc) is 1.63. The van der Waals surface area contributed by atoms with Crippen molar-refractivity contribution in [3.8, 4) is 0 Å². The van der Waals surface area contributed by atoms with E-state index < -0.39 is 53.5 Å². The second kappa shape index (κ2) is 16.6. The Kier molecular flexibility index (Phi) is 34.2. The van der Waals surface area contributed by atoms with Crippen molar-refractivity contribution in [1.82, 2.24) is 0 Å². The summed E-state index contributed by atoms with van der Waals surface area (Å²) in [7, 11) is 0. The summed E-state index contributed by atoms with van der Waals surface area (Å²) in [5.41, 5.74) is 0. The first-order chi connectivity index (χ1) is 4.73. The van der Waals surface area contributed by atoms with Gasteiger partial charge in [0.15, 0.2) is 0 Å². The average molecular weight is 634 g/mol. The third-order valence-corrected chi connectivity index (χ3v) is 0. The van der Waals surface area contributed by atoms with Crippen LogP contribution in [0.1, 0.15) is 0 Å². The molecular weight excluding hydrogens is 634 g/mol. The van der Waals surface area contributed by atoms with Gasteiger partial charge in [0.2, 0.25) is 0 Å². The quantitative estimate of drug-likeness (QED) is 0.325. The molecule has 0 N–H and O–H groups in total. The molecule has 11 heteroatoms. The van der Waals surface area contributed by atoms with Gasteiger partial charge in [-0.2, -0.15) is 0 Å². The normalized spacial score (nSPS) is 10.0. The van der Waals surface area contributed by atoms with Gasteiger partial charge in [0, 0.05) is 0 Å². The zero-order valence-electron chi connectivity index (χ0n) is 4.81. The van der Waals surface area contributed by atoms with Gasteiger partial charge in [-0.1, -0.05) is 0 Å². The van der Waals surface area contributed by atoms with E-state index in [-0.39, 0.29) is 0 Å². The molecule has 0 bridgehead atoms. The van der Waals surface area contributed by atoms with Crippen molar-refractivity contribution in [2.75, 3.05) is 0 Å². The van der Waals surface area contributed by atoms with Crippen LogP contribution in [-0.4, -0.2) is 47.1 Å². The number of hydrogen-bond donors (Lipinski definition) is 0. The molecule has 0 nitrogen and oxygen atoms in total. The van der Waals surface area contributed by atoms with E-state index in [4.69, 9.17) is 47.0 Å². The molecule has 0 aromatic rings. The second-order valence-corrected chi connectivity index (χ2v) is 30.8. The van der Waals surface area contributed by atoms with Gasteiger partial charge in [0.1, 0.15) is 0 Å². The van der Waals surface area contributed by atoms with Crippen LogP contribution in [0.5, 0.6) is 0 Å². The Balaban J connectivity index is -0.0000000965. The summed E-state index contributed by atoms with van der Waals surface area (Å²) < 4.78 is 4.83. The molecular formula is Cl8ErKNd. The van der Waals surface area contributed by atoms with Gasteiger partial charge in [-0.15, -0.1) is 0 Å². The summed E-state index contributed by atoms with van der Waals surface area (Å²) in [6.45, 7) is 20.0. The van der Waals surface area contributed by atoms with E-state index in [0.29, 0.717) is 47.1 Å². The molecule has 0 unspecified atom stereocenters. The molecule has 73 valence electrons. The Hall–Kier alpha value is 6.55. The molecule has 11 heavy (non-hydrogen) atoms. The van der Waals surface area contributed by atoms with Crippen LogP contribution in [-0.2, 0) is 0 Å². The Bertz CT molecular complexity index is 50.8. The van der Waals surface area contributed by atoms with E-state index in [1.54, 1.807) is 0 Å². The SMILES string of the molecule is [Cl][Er]([Cl])([Cl])[Cl].[Cl][K].[Cl][Nd]([Cl])[Cl]. The molecule has 0 atom stereocenters. The first-order valence-corrected chi connectivity index (χ1v) is 27.0. The summed E-state index contributed by atoms with van der Waals surface area (Å²) in [6.07, 6.45) is 0. The first-order valence-electron chi connectivity index (χ1n) is 1.38. The molecule has 0 radical (unpaired) electrons. The predicted octanol–water partition coefficient (Wildman–Crippen LogP) is 5.14. The zero-order valence-corrected chi connectivity index (χ0v) is 19.0. The summed E-state index contributed by atoms with van der Waals surface area (Å²) in [6, 6.07) is 0. The Morgan fingerprint density at radius 2 is 0.818 bits per heavy atom. The van der Waals surface area contributed by atoms with Crippen molar-refractivity contribution in [3.05, 3.63) is 0 Å². The van der Waals surface area contributed by atoms with Crippen LogP contribution in [0.25, 0.3) is 0 Å². The van der Waals surface area contributed by atoms with Crippen molar-refractivity contribution in [2.24, 2.45) is 0 Å². The molecule has 0 saturated carbocycles. The second-order valence-electron chi connectivity index (χ2n) is 0.462. The zero-order chi connectivity index (χ0) is 10.1. The fourth-order valence-electron chi connectivity index (χ4n) is 0. The summed E-state index contributed by atoms with van der Waals surface area (Å²) in [5, 5.41) is 0. The summed E-state index contributed by atoms with van der Waals surface area (Å²) >= 11 is -4.65. The van der Waals surface area contributed by atoms with Crippen LogP contribution < -0.4 is 0 Å². The molecule has 0 aromatic carbocycles. The molecule has 0 saturated heterocycles. The Morgan fingerprint density at radius 1 is 0.818 bits per heavy atom. The Morgan fingerprint density at radius 3 is 0.818 bits per heavy atom. The van der Waals surface area contributed by atoms with Crippen molar-refractivity contribution in [1.29, 1.82) is 0 Å². The standard InChI is InChI=1S/8ClH.Er.K.Nd/h8*1H;;;/q;;;;;;;;+4;+1;+3/p-8. The van der Waals surface area contributed by atoms with Gasteiger partial charge in [-0.3, -0.25) is 0 Å². The van der Waals surface area contributed by atoms with Crippen molar-refractivity contribution in [3.63, 3.8) is 0 Å². The van der Waals surface area contributed by atoms with Crippen molar-refractivity contribution < 1.29 is 53.5 Å². The van der Waals surface area contributed by atoms with E-state index in [2.05, 4.69) is 0 Å². The van der Waals surface area contributed by atoms with Crippen LogP contribution in [0.4, 0.5) is 0 Å². The maximum absolute atomic E-state index is 5.02. The number of rotatable bonds is 0. The molecule has 0 rings (SSSR count). The third kappa shape index (κ3) is 81.6.